The maximum Gasteiger partial charge on any atom is 0.326 e. The fraction of sp³-hybridized carbons (Fsp3) is 0.344. The molecule has 4 rings (SSSR count). The van der Waals surface area contributed by atoms with Gasteiger partial charge < -0.3 is 41.9 Å². The number of amides is 3. The topological polar surface area (TPSA) is 215 Å². The normalized spacial score (nSPS) is 14.6. The number of phenols is 1. The molecule has 0 fully saturated rings. The van der Waals surface area contributed by atoms with Crippen LogP contribution < -0.4 is 21.7 Å². The van der Waals surface area contributed by atoms with E-state index in [0.29, 0.717) is 17.7 Å². The van der Waals surface area contributed by atoms with E-state index in [1.54, 1.807) is 25.3 Å². The van der Waals surface area contributed by atoms with Crippen molar-refractivity contribution in [3.8, 4) is 5.75 Å². The number of hydrogen-bond donors (Lipinski definition) is 8. The summed E-state index contributed by atoms with van der Waals surface area (Å²) >= 11 is 0. The van der Waals surface area contributed by atoms with Gasteiger partial charge in [-0.25, -0.2) is 9.78 Å². The Balaban J connectivity index is 1.54. The largest absolute Gasteiger partial charge is 0.508 e. The van der Waals surface area contributed by atoms with Crippen LogP contribution in [-0.2, 0) is 38.4 Å². The lowest BCUT2D eigenvalue weighted by atomic mass is 9.98. The molecule has 0 radical (unpaired) electrons. The molecule has 0 aliphatic carbocycles. The number of nitrogens with zero attached hydrogens (tertiary/aromatic N) is 1. The van der Waals surface area contributed by atoms with Gasteiger partial charge in [-0.2, -0.15) is 0 Å². The van der Waals surface area contributed by atoms with Crippen molar-refractivity contribution in [3.05, 3.63) is 84.1 Å². The standard InChI is InChI=1S/C32H39N7O6/c1-3-18(2)28(32(44)45)39-31(43)27(14-21-16-34-17-36-21)38-30(42)26(12-19-8-10-22(40)11-9-19)37-29(41)24(33)13-20-15-35-25-7-5-4-6-23(20)25/h4-11,15-18,24,26-28,35,40H,3,12-14,33H2,1-2H3,(H,34,36)(H,37,41)(H,38,42)(H,39,43)(H,44,45). The lowest BCUT2D eigenvalue weighted by Crippen LogP contribution is -2.58. The number of nitrogens with two attached hydrogens (primary N) is 1. The number of nitrogens with one attached hydrogen (secondary N) is 5. The zero-order chi connectivity index (χ0) is 32.5. The second kappa shape index (κ2) is 15.0. The zero-order valence-electron chi connectivity index (χ0n) is 25.1. The molecule has 4 aromatic rings. The molecule has 0 saturated carbocycles. The summed E-state index contributed by atoms with van der Waals surface area (Å²) in [5.41, 5.74) is 9.23. The van der Waals surface area contributed by atoms with Crippen molar-refractivity contribution in [2.75, 3.05) is 0 Å². The van der Waals surface area contributed by atoms with Crippen LogP contribution in [0.2, 0.25) is 0 Å². The van der Waals surface area contributed by atoms with Crippen LogP contribution in [0, 0.1) is 5.92 Å². The molecule has 0 aliphatic heterocycles. The van der Waals surface area contributed by atoms with Gasteiger partial charge in [-0.3, -0.25) is 14.4 Å². The molecule has 5 atom stereocenters. The van der Waals surface area contributed by atoms with Crippen LogP contribution in [0.1, 0.15) is 37.1 Å². The van der Waals surface area contributed by atoms with Crippen molar-refractivity contribution < 1.29 is 29.4 Å². The molecule has 0 saturated heterocycles. The number of aromatic hydroxyl groups is 1. The predicted octanol–water partition coefficient (Wildman–Crippen LogP) is 1.54. The molecule has 5 unspecified atom stereocenters. The number of carboxylic acid groups (broad SMARTS) is 1. The Labute approximate surface area is 260 Å². The van der Waals surface area contributed by atoms with Gasteiger partial charge in [0.1, 0.15) is 23.9 Å². The van der Waals surface area contributed by atoms with Crippen LogP contribution in [0.15, 0.2) is 67.3 Å². The highest BCUT2D eigenvalue weighted by Gasteiger charge is 2.32. The first-order valence-electron chi connectivity index (χ1n) is 14.7. The third-order valence-corrected chi connectivity index (χ3v) is 7.85. The number of H-pyrrole nitrogens is 2. The molecule has 0 aliphatic rings. The summed E-state index contributed by atoms with van der Waals surface area (Å²) in [6.45, 7) is 3.53. The highest BCUT2D eigenvalue weighted by Crippen LogP contribution is 2.19. The van der Waals surface area contributed by atoms with Crippen LogP contribution in [0.4, 0.5) is 0 Å². The van der Waals surface area contributed by atoms with Gasteiger partial charge in [0, 0.05) is 41.8 Å². The number of imidazole rings is 1. The van der Waals surface area contributed by atoms with Crippen molar-refractivity contribution >= 4 is 34.6 Å². The molecule has 0 bridgehead atoms. The zero-order valence-corrected chi connectivity index (χ0v) is 25.1. The second-order valence-corrected chi connectivity index (χ2v) is 11.2. The van der Waals surface area contributed by atoms with E-state index in [4.69, 9.17) is 5.73 Å². The summed E-state index contributed by atoms with van der Waals surface area (Å²) < 4.78 is 0. The number of aromatic nitrogens is 3. The van der Waals surface area contributed by atoms with E-state index in [2.05, 4.69) is 30.9 Å². The van der Waals surface area contributed by atoms with Gasteiger partial charge in [0.2, 0.25) is 17.7 Å². The van der Waals surface area contributed by atoms with Crippen molar-refractivity contribution in [2.45, 2.75) is 63.7 Å². The Bertz CT molecular complexity index is 1600. The number of benzene rings is 2. The van der Waals surface area contributed by atoms with Crippen molar-refractivity contribution in [3.63, 3.8) is 0 Å². The first kappa shape index (κ1) is 32.7. The molecule has 45 heavy (non-hydrogen) atoms. The highest BCUT2D eigenvalue weighted by atomic mass is 16.4. The fourth-order valence-electron chi connectivity index (χ4n) is 5.02. The average molecular weight is 618 g/mol. The van der Waals surface area contributed by atoms with Crippen LogP contribution >= 0.6 is 0 Å². The van der Waals surface area contributed by atoms with Crippen molar-refractivity contribution in [1.82, 2.24) is 30.9 Å². The molecule has 2 aromatic heterocycles. The smallest absolute Gasteiger partial charge is 0.326 e. The molecule has 0 spiro atoms. The van der Waals surface area contributed by atoms with Gasteiger partial charge in [0.15, 0.2) is 0 Å². The van der Waals surface area contributed by atoms with E-state index in [9.17, 15) is 29.4 Å². The number of para-hydroxylation sites is 1. The minimum absolute atomic E-state index is 0.00955. The maximum atomic E-state index is 13.8. The predicted molar refractivity (Wildman–Crippen MR) is 167 cm³/mol. The Kier molecular flexibility index (Phi) is 10.9. The first-order valence-corrected chi connectivity index (χ1v) is 14.7. The summed E-state index contributed by atoms with van der Waals surface area (Å²) in [4.78, 5) is 62.4. The van der Waals surface area contributed by atoms with E-state index >= 15 is 0 Å². The van der Waals surface area contributed by atoms with E-state index < -0.39 is 47.9 Å². The quantitative estimate of drug-likeness (QED) is 0.0977. The average Bonchev–Trinajstić information content (AvgIpc) is 3.69. The Morgan fingerprint density at radius 2 is 1.56 bits per heavy atom. The van der Waals surface area contributed by atoms with Gasteiger partial charge in [0.05, 0.1) is 12.4 Å². The number of aliphatic carboxylic acids is 1. The van der Waals surface area contributed by atoms with Crippen molar-refractivity contribution in [2.24, 2.45) is 11.7 Å². The summed E-state index contributed by atoms with van der Waals surface area (Å²) in [7, 11) is 0. The molecular formula is C32H39N7O6. The van der Waals surface area contributed by atoms with E-state index in [-0.39, 0.29) is 30.9 Å². The van der Waals surface area contributed by atoms with Gasteiger partial charge >= 0.3 is 5.97 Å². The summed E-state index contributed by atoms with van der Waals surface area (Å²) in [6.07, 6.45) is 5.45. The number of carbonyl (C=O) groups excluding carboxylic acids is 3. The molecule has 13 nitrogen and oxygen atoms in total. The van der Waals surface area contributed by atoms with Crippen LogP contribution in [0.25, 0.3) is 10.9 Å². The van der Waals surface area contributed by atoms with Gasteiger partial charge in [-0.1, -0.05) is 50.6 Å². The van der Waals surface area contributed by atoms with Gasteiger partial charge in [-0.05, 0) is 41.7 Å². The Morgan fingerprint density at radius 1 is 0.889 bits per heavy atom. The second-order valence-electron chi connectivity index (χ2n) is 11.2. The monoisotopic (exact) mass is 617 g/mol. The van der Waals surface area contributed by atoms with Crippen molar-refractivity contribution in [1.29, 1.82) is 0 Å². The van der Waals surface area contributed by atoms with Crippen LogP contribution in [0.3, 0.4) is 0 Å². The maximum absolute atomic E-state index is 13.8. The lowest BCUT2D eigenvalue weighted by Gasteiger charge is -2.26. The minimum atomic E-state index is -1.19. The first-order chi connectivity index (χ1) is 21.5. The Hall–Kier alpha value is -5.17. The number of carboxylic acids is 1. The van der Waals surface area contributed by atoms with E-state index in [0.717, 1.165) is 16.5 Å². The summed E-state index contributed by atoms with van der Waals surface area (Å²) in [5.74, 6) is -3.46. The number of rotatable bonds is 15. The SMILES string of the molecule is CCC(C)C(NC(=O)C(Cc1cnc[nH]1)NC(=O)C(Cc1ccc(O)cc1)NC(=O)C(N)Cc1c[nH]c2ccccc12)C(=O)O. The molecular weight excluding hydrogens is 578 g/mol. The summed E-state index contributed by atoms with van der Waals surface area (Å²) in [6, 6.07) is 9.28. The van der Waals surface area contributed by atoms with Gasteiger partial charge in [-0.15, -0.1) is 0 Å². The number of phenolic OH excluding ortho intramolecular Hbond substituents is 1. The molecule has 238 valence electrons. The number of hydrogen-bond acceptors (Lipinski definition) is 7. The molecule has 2 aromatic carbocycles. The third kappa shape index (κ3) is 8.70. The van der Waals surface area contributed by atoms with E-state index in [1.165, 1.54) is 24.7 Å². The third-order valence-electron chi connectivity index (χ3n) is 7.85. The number of fused-ring (bicyclic) bond motifs is 1. The summed E-state index contributed by atoms with van der Waals surface area (Å²) in [5, 5.41) is 28.4. The van der Waals surface area contributed by atoms with E-state index in [1.807, 2.05) is 31.2 Å². The fourth-order valence-corrected chi connectivity index (χ4v) is 5.02. The minimum Gasteiger partial charge on any atom is -0.508 e. The highest BCUT2D eigenvalue weighted by molar-refractivity contribution is 5.94. The van der Waals surface area contributed by atoms with Gasteiger partial charge in [0.25, 0.3) is 0 Å². The molecule has 9 N–H and O–H groups in total. The lowest BCUT2D eigenvalue weighted by molar-refractivity contribution is -0.143. The molecule has 2 heterocycles. The van der Waals surface area contributed by atoms with Crippen LogP contribution in [-0.4, -0.2) is 73.0 Å². The molecule has 3 amide bonds. The molecule has 13 heteroatoms. The Morgan fingerprint density at radius 3 is 2.22 bits per heavy atom. The number of aromatic amines is 2. The number of carbonyl (C=O) groups is 4. The van der Waals surface area contributed by atoms with Crippen LogP contribution in [0.5, 0.6) is 5.75 Å².